The lowest BCUT2D eigenvalue weighted by molar-refractivity contribution is -0.158. The van der Waals surface area contributed by atoms with Crippen LogP contribution in [0.25, 0.3) is 0 Å². The van der Waals surface area contributed by atoms with E-state index in [1.54, 1.807) is 56.3 Å². The van der Waals surface area contributed by atoms with E-state index in [4.69, 9.17) is 27.3 Å². The number of carbonyl (C=O) groups is 18. The summed E-state index contributed by atoms with van der Waals surface area (Å²) in [6.07, 6.45) is -7.81. The van der Waals surface area contributed by atoms with E-state index in [1.165, 1.54) is 69.0 Å². The highest BCUT2D eigenvalue weighted by Gasteiger charge is 2.51. The number of amides is 17. The first-order valence-electron chi connectivity index (χ1n) is 39.9. The van der Waals surface area contributed by atoms with Crippen molar-refractivity contribution >= 4 is 145 Å². The lowest BCUT2D eigenvalue weighted by Crippen LogP contribution is -2.64. The first-order valence-corrected chi connectivity index (χ1v) is 42.3. The molecule has 4 unspecified atom stereocenters. The summed E-state index contributed by atoms with van der Waals surface area (Å²) in [5.41, 5.74) is 13.4. The van der Waals surface area contributed by atoms with E-state index in [2.05, 4.69) is 85.0 Å². The van der Waals surface area contributed by atoms with Gasteiger partial charge in [0, 0.05) is 68.6 Å². The number of likely N-dealkylation sites (N-methyl/N-ethyl adjacent to an activating group) is 2. The summed E-state index contributed by atoms with van der Waals surface area (Å²) >= 11 is 3.38. The molecule has 0 radical (unpaired) electrons. The second-order valence-corrected chi connectivity index (χ2v) is 34.6. The second-order valence-electron chi connectivity index (χ2n) is 32.2. The molecule has 23 N–H and O–H groups in total. The normalized spacial score (nSPS) is 21.8. The summed E-state index contributed by atoms with van der Waals surface area (Å²) in [5, 5.41) is 62.6. The Balaban J connectivity index is 1.38. The average Bonchev–Trinajstić information content (AvgIpc) is 1.61. The van der Waals surface area contributed by atoms with Crippen molar-refractivity contribution < 1.29 is 114 Å². The number of benzene rings is 3. The maximum atomic E-state index is 15.4. The fourth-order valence-electron chi connectivity index (χ4n) is 14.0. The molecule has 46 heteroatoms. The minimum atomic E-state index is -5.51. The molecule has 2 saturated heterocycles. The van der Waals surface area contributed by atoms with E-state index in [-0.39, 0.29) is 43.6 Å². The molecule has 44 nitrogen and oxygen atoms in total. The number of likely N-dealkylation sites (tertiary alicyclic amines) is 1. The van der Waals surface area contributed by atoms with Crippen LogP contribution >= 0.6 is 15.9 Å². The summed E-state index contributed by atoms with van der Waals surface area (Å²) in [5.74, 6) is -23.3. The summed E-state index contributed by atoms with van der Waals surface area (Å²) in [6, 6.07) is -3.27. The highest BCUT2D eigenvalue weighted by Crippen LogP contribution is 2.39. The smallest absolute Gasteiger partial charge is 0.325 e. The molecule has 3 aromatic rings. The molecule has 3 aromatic carbocycles. The van der Waals surface area contributed by atoms with Crippen LogP contribution in [0.5, 0.6) is 0 Å². The predicted octanol–water partition coefficient (Wildman–Crippen LogP) is -5.96. The van der Waals surface area contributed by atoms with Gasteiger partial charge in [0.1, 0.15) is 96.9 Å². The number of guanidine groups is 1. The third-order valence-electron chi connectivity index (χ3n) is 20.8. The first kappa shape index (κ1) is 102. The lowest BCUT2D eigenvalue weighted by atomic mass is 9.84. The molecule has 0 bridgehead atoms. The van der Waals surface area contributed by atoms with Gasteiger partial charge in [-0.1, -0.05) is 111 Å². The summed E-state index contributed by atoms with van der Waals surface area (Å²) < 4.78 is 43.1. The van der Waals surface area contributed by atoms with Gasteiger partial charge in [0.25, 0.3) is 16.0 Å². The number of primary amides is 2. The Bertz CT molecular complexity index is 4640. The number of carbonyl (C=O) groups excluding carboxylic acids is 18. The van der Waals surface area contributed by atoms with Gasteiger partial charge in [-0.25, -0.2) is 0 Å². The highest BCUT2D eigenvalue weighted by molar-refractivity contribution is 9.10. The Kier molecular flexibility index (Phi) is 36.8. The van der Waals surface area contributed by atoms with Crippen molar-refractivity contribution in [3.8, 4) is 0 Å². The van der Waals surface area contributed by atoms with E-state index in [0.717, 1.165) is 32.4 Å². The molecule has 17 amide bonds. The van der Waals surface area contributed by atoms with Gasteiger partial charge in [-0.15, -0.1) is 0 Å². The van der Waals surface area contributed by atoms with Crippen LogP contribution in [0.3, 0.4) is 0 Å². The zero-order valence-corrected chi connectivity index (χ0v) is 72.9. The van der Waals surface area contributed by atoms with Gasteiger partial charge in [0.05, 0.1) is 12.5 Å². The number of fused-ring (bicyclic) bond motifs is 1. The number of cyclic esters (lactones) is 1. The number of hydrogen-bond acceptors (Lipinski definition) is 24. The largest absolute Gasteiger partial charge is 0.459 e. The first-order chi connectivity index (χ1) is 58.4. The summed E-state index contributed by atoms with van der Waals surface area (Å²) in [4.78, 5) is 258. The second kappa shape index (κ2) is 45.4. The molecule has 684 valence electrons. The van der Waals surface area contributed by atoms with Gasteiger partial charge < -0.3 is 116 Å². The molecule has 0 aliphatic carbocycles. The van der Waals surface area contributed by atoms with Crippen molar-refractivity contribution in [2.45, 2.75) is 216 Å². The standard InChI is InChI=1S/C79H111BrN20O24S/c1-39(2)59(94-69(112)55-23-17-31-100(55)74(117)50(89-63(106)40(3)86-38-101)33-44-24-26-45(80)27-25-44)70(113)97-62(78(6,7)8)72(115)91-52(35-79(120)46-20-14-15-21-47(46)93-76(79)119)66(109)87-48(22-16-30-85-77(83)84)64(107)92-53(37-125(121,122)123)67(110)96-61-42(5)124-58(105)36-98(9)73(116)51(34-57(82)104)90-71(114)60(41(4)102)95-65(108)49(32-43-18-12-11-13-19-43)88-68(111)54(28-29-56(81)103)99(10)75(61)118/h11-15,18-21,24-27,38-42,48-55,59-62,102,120H,16-17,22-23,28-37H2,1-10H3,(H2,81,103)(H2,82,104)(H,86,101)(H,87,109)(H,88,111)(H,89,106)(H,90,114)(H,91,115)(H,92,107)(H,93,119)(H,94,112)(H,95,108)(H,96,110)(H,97,113)(H4,83,84,85)(H,121,122,123)/t40-,41-,42?,48+,49-,50+,51?,52+,53-,54?,55+,59-,60+,61?,62+,79-/m1/s1. The number of para-hydroxylation sites is 1. The number of anilines is 1. The molecule has 6 rings (SSSR count). The predicted molar refractivity (Wildman–Crippen MR) is 448 cm³/mol. The minimum Gasteiger partial charge on any atom is -0.459 e. The van der Waals surface area contributed by atoms with Gasteiger partial charge in [0.15, 0.2) is 11.6 Å². The fourth-order valence-corrected chi connectivity index (χ4v) is 14.9. The number of hydrogen-bond donors (Lipinski definition) is 20. The number of halogens is 1. The van der Waals surface area contributed by atoms with Gasteiger partial charge in [-0.05, 0) is 93.5 Å². The number of nitrogens with zero attached hydrogens (tertiary/aromatic N) is 3. The monoisotopic (exact) mass is 1830 g/mol. The van der Waals surface area contributed by atoms with Crippen LogP contribution in [0.4, 0.5) is 5.69 Å². The highest BCUT2D eigenvalue weighted by atomic mass is 79.9. The average molecular weight is 1840 g/mol. The van der Waals surface area contributed by atoms with Crippen LogP contribution < -0.4 is 86.3 Å². The molecular weight excluding hydrogens is 1720 g/mol. The molecule has 0 aromatic heterocycles. The van der Waals surface area contributed by atoms with E-state index < -0.39 is 275 Å². The third kappa shape index (κ3) is 29.4. The fraction of sp³-hybridized carbons (Fsp3) is 0.532. The Morgan fingerprint density at radius 2 is 1.33 bits per heavy atom. The van der Waals surface area contributed by atoms with Gasteiger partial charge in [-0.2, -0.15) is 8.42 Å². The molecular formula is C79H111BrN20O24S. The lowest BCUT2D eigenvalue weighted by Gasteiger charge is -2.35. The van der Waals surface area contributed by atoms with Gasteiger partial charge in [-0.3, -0.25) is 96.3 Å². The van der Waals surface area contributed by atoms with Crippen molar-refractivity contribution in [3.05, 3.63) is 100 Å². The van der Waals surface area contributed by atoms with Crippen molar-refractivity contribution in [3.63, 3.8) is 0 Å². The molecule has 0 saturated carbocycles. The number of aliphatic hydroxyl groups is 2. The quantitative estimate of drug-likeness (QED) is 0.00644. The van der Waals surface area contributed by atoms with Gasteiger partial charge >= 0.3 is 5.97 Å². The maximum absolute atomic E-state index is 15.4. The van der Waals surface area contributed by atoms with E-state index in [9.17, 15) is 85.5 Å². The molecule has 3 aliphatic heterocycles. The number of nitrogens with two attached hydrogens (primary N) is 3. The van der Waals surface area contributed by atoms with Crippen LogP contribution in [-0.2, 0) is 120 Å². The molecule has 3 aliphatic rings. The zero-order valence-electron chi connectivity index (χ0n) is 70.5. The topological polar surface area (TPSA) is 679 Å². The molecule has 2 fully saturated rings. The minimum absolute atomic E-state index is 0.0421. The number of rotatable bonds is 36. The van der Waals surface area contributed by atoms with Crippen molar-refractivity contribution in [1.82, 2.24) is 78.5 Å². The molecule has 16 atom stereocenters. The zero-order chi connectivity index (χ0) is 93.4. The van der Waals surface area contributed by atoms with Crippen molar-refractivity contribution in [1.29, 1.82) is 5.41 Å². The van der Waals surface area contributed by atoms with E-state index in [1.807, 2.05) is 0 Å². The maximum Gasteiger partial charge on any atom is 0.325 e. The number of esters is 1. The molecule has 0 spiro atoms. The summed E-state index contributed by atoms with van der Waals surface area (Å²) in [7, 11) is -3.60. The molecule has 125 heavy (non-hydrogen) atoms. The van der Waals surface area contributed by atoms with E-state index in [0.29, 0.717) is 33.8 Å². The molecule has 3 heterocycles. The summed E-state index contributed by atoms with van der Waals surface area (Å²) in [6.45, 7) is 9.70. The Hall–Kier alpha value is -12.3. The SMILES string of the molecule is CC1OC(=O)CN(C)C(=O)C(CC(N)=O)NC(=O)[C@H]([C@@H](C)O)NC(=O)[C@@H](Cc2ccccc2)NC(=O)C(CCC(N)=O)N(C)C(=O)C1NC(=O)[C@@H](CS(=O)(=O)O)NC(=O)[C@H](CCCNC(=N)N)NC(=O)[C@H](C[C@]1(O)C(=O)Nc2ccccc21)NC(=O)[C@H](NC(=O)[C@H](NC(=O)[C@@H]1CCCN1C(=O)[C@H](Cc1ccc(Br)cc1)NC(=O)[C@@H](C)NC=O)C(C)C)C(C)(C)C. The van der Waals surface area contributed by atoms with Crippen LogP contribution in [0.1, 0.15) is 123 Å². The van der Waals surface area contributed by atoms with Crippen LogP contribution in [0.15, 0.2) is 83.3 Å². The number of nitrogens with one attached hydrogen (secondary N) is 14. The van der Waals surface area contributed by atoms with Crippen LogP contribution in [-0.4, -0.2) is 281 Å². The Morgan fingerprint density at radius 3 is 1.93 bits per heavy atom. The third-order valence-corrected chi connectivity index (χ3v) is 22.1. The van der Waals surface area contributed by atoms with Crippen LogP contribution in [0, 0.1) is 16.7 Å². The Labute approximate surface area is 728 Å². The van der Waals surface area contributed by atoms with Crippen molar-refractivity contribution in [2.24, 2.45) is 28.5 Å². The Morgan fingerprint density at radius 1 is 0.720 bits per heavy atom. The van der Waals surface area contributed by atoms with E-state index >= 15 is 24.0 Å². The number of ether oxygens (including phenoxy) is 1. The van der Waals surface area contributed by atoms with Gasteiger partial charge in [0.2, 0.25) is 95.0 Å². The van der Waals surface area contributed by atoms with Crippen LogP contribution in [0.2, 0.25) is 0 Å². The van der Waals surface area contributed by atoms with Crippen molar-refractivity contribution in [2.75, 3.05) is 44.8 Å². The number of aliphatic hydroxyl groups excluding tert-OH is 1.